The number of methoxy groups -OCH3 is 1. The Morgan fingerprint density at radius 2 is 1.82 bits per heavy atom. The molecule has 7 rings (SSSR count). The van der Waals surface area contributed by atoms with Gasteiger partial charge in [0.25, 0.3) is 0 Å². The smallest absolute Gasteiger partial charge is 0.316 e. The number of aliphatic hydroxyl groups is 2. The summed E-state index contributed by atoms with van der Waals surface area (Å²) >= 11 is 0. The largest absolute Gasteiger partial charge is 0.462 e. The maximum Gasteiger partial charge on any atom is 0.316 e. The highest BCUT2D eigenvalue weighted by atomic mass is 16.7. The fourth-order valence-corrected chi connectivity index (χ4v) is 10.4. The molecule has 0 aromatic heterocycles. The van der Waals surface area contributed by atoms with E-state index in [1.54, 1.807) is 26.2 Å². The van der Waals surface area contributed by atoms with Crippen molar-refractivity contribution >= 4 is 11.9 Å². The Bertz CT molecular complexity index is 1820. The lowest BCUT2D eigenvalue weighted by Crippen LogP contribution is -2.58. The van der Waals surface area contributed by atoms with Gasteiger partial charge in [0.15, 0.2) is 18.2 Å². The van der Waals surface area contributed by atoms with Gasteiger partial charge in [0.1, 0.15) is 35.9 Å². The van der Waals surface area contributed by atoms with Crippen molar-refractivity contribution in [1.82, 2.24) is 0 Å². The lowest BCUT2D eigenvalue weighted by molar-refractivity contribution is -0.340. The van der Waals surface area contributed by atoms with Gasteiger partial charge in [0.2, 0.25) is 0 Å². The maximum absolute atomic E-state index is 14.3. The highest BCUT2D eigenvalue weighted by Gasteiger charge is 2.60. The molecule has 5 aliphatic heterocycles. The van der Waals surface area contributed by atoms with Gasteiger partial charge < -0.3 is 48.1 Å². The summed E-state index contributed by atoms with van der Waals surface area (Å²) in [5.41, 5.74) is 1.03. The molecule has 1 aromatic rings. The fraction of sp³-hybridized carbons (Fsp3) is 0.673. The minimum atomic E-state index is -1.82. The van der Waals surface area contributed by atoms with Crippen LogP contribution < -0.4 is 0 Å². The molecule has 0 amide bonds. The first-order chi connectivity index (χ1) is 29.1. The zero-order chi connectivity index (χ0) is 43.6. The van der Waals surface area contributed by atoms with Crippen molar-refractivity contribution in [2.24, 2.45) is 23.7 Å². The van der Waals surface area contributed by atoms with Crippen molar-refractivity contribution in [3.63, 3.8) is 0 Å². The standard InChI is InChI=1S/C49H68O12/c1-9-28(2)44-31(5)20-21-48(61-44)26-37-24-36(60-48)19-18-30(4)43(59-41-25-39(54-8)45(33(7)56-41)58-40(50)23-34-15-11-10-12-16-34)29(3)14-13-17-35-27-55-46-42(51)32(6)22-38(47(52)57-37)49(35,46)53/h10-18,22,28-29,31,33,36-39,41-46,51,53H,9,19-21,23-27H2,1-8H3/b14-13+,30-18+,35-17+/t28?,29-,31-,33-,36+,37-,38-,39-,41-,42+,43-,44+,45-,46+,48+,49+/m0/s1. The Balaban J connectivity index is 1.18. The molecule has 0 saturated carbocycles. The van der Waals surface area contributed by atoms with E-state index in [1.165, 1.54) is 0 Å². The zero-order valence-electron chi connectivity index (χ0n) is 37.2. The van der Waals surface area contributed by atoms with E-state index in [9.17, 15) is 19.8 Å². The van der Waals surface area contributed by atoms with Crippen molar-refractivity contribution in [3.05, 3.63) is 83.0 Å². The van der Waals surface area contributed by atoms with Gasteiger partial charge in [-0.25, -0.2) is 0 Å². The van der Waals surface area contributed by atoms with Gasteiger partial charge in [0.05, 0.1) is 37.4 Å². The van der Waals surface area contributed by atoms with Crippen LogP contribution in [0.25, 0.3) is 0 Å². The van der Waals surface area contributed by atoms with Gasteiger partial charge in [-0.05, 0) is 67.7 Å². The van der Waals surface area contributed by atoms with Gasteiger partial charge in [0, 0.05) is 38.7 Å². The van der Waals surface area contributed by atoms with Crippen LogP contribution in [0.3, 0.4) is 0 Å². The van der Waals surface area contributed by atoms with Crippen LogP contribution >= 0.6 is 0 Å². The summed E-state index contributed by atoms with van der Waals surface area (Å²) in [6, 6.07) is 9.48. The number of carbonyl (C=O) groups excluding carboxylic acids is 2. The first kappa shape index (κ1) is 45.8. The number of rotatable bonds is 8. The highest BCUT2D eigenvalue weighted by molar-refractivity contribution is 5.78. The molecule has 5 heterocycles. The second kappa shape index (κ2) is 19.3. The molecule has 1 aliphatic carbocycles. The van der Waals surface area contributed by atoms with Crippen LogP contribution in [-0.4, -0.2) is 108 Å². The number of esters is 2. The molecule has 1 unspecified atom stereocenters. The lowest BCUT2D eigenvalue weighted by atomic mass is 9.71. The Labute approximate surface area is 361 Å². The summed E-state index contributed by atoms with van der Waals surface area (Å²) in [7, 11) is 1.61. The molecule has 2 bridgehead atoms. The van der Waals surface area contributed by atoms with E-state index in [4.69, 9.17) is 37.9 Å². The molecule has 4 saturated heterocycles. The number of fused-ring (bicyclic) bond motifs is 2. The monoisotopic (exact) mass is 848 g/mol. The molecule has 0 radical (unpaired) electrons. The molecule has 4 fully saturated rings. The predicted molar refractivity (Wildman–Crippen MR) is 227 cm³/mol. The molecule has 336 valence electrons. The molecular formula is C49H68O12. The van der Waals surface area contributed by atoms with Crippen LogP contribution in [-0.2, 0) is 53.9 Å². The lowest BCUT2D eigenvalue weighted by Gasteiger charge is -2.51. The zero-order valence-corrected chi connectivity index (χ0v) is 37.2. The quantitative estimate of drug-likeness (QED) is 0.208. The second-order valence-electron chi connectivity index (χ2n) is 18.6. The van der Waals surface area contributed by atoms with Crippen LogP contribution in [0.15, 0.2) is 77.4 Å². The average Bonchev–Trinajstić information content (AvgIpc) is 3.58. The van der Waals surface area contributed by atoms with Gasteiger partial charge in [-0.1, -0.05) is 94.8 Å². The normalized spacial score (nSPS) is 43.4. The summed E-state index contributed by atoms with van der Waals surface area (Å²) in [6.07, 6.45) is 8.04. The third kappa shape index (κ3) is 9.82. The molecule has 16 atom stereocenters. The number of aliphatic hydroxyl groups excluding tert-OH is 1. The molecular weight excluding hydrogens is 781 g/mol. The van der Waals surface area contributed by atoms with Crippen LogP contribution in [0.1, 0.15) is 99.0 Å². The Morgan fingerprint density at radius 1 is 1.05 bits per heavy atom. The molecule has 1 aromatic carbocycles. The van der Waals surface area contributed by atoms with E-state index in [1.807, 2.05) is 56.3 Å². The minimum Gasteiger partial charge on any atom is -0.462 e. The summed E-state index contributed by atoms with van der Waals surface area (Å²) < 4.78 is 51.5. The van der Waals surface area contributed by atoms with Crippen molar-refractivity contribution in [1.29, 1.82) is 0 Å². The molecule has 12 nitrogen and oxygen atoms in total. The predicted octanol–water partition coefficient (Wildman–Crippen LogP) is 6.86. The molecule has 2 N–H and O–H groups in total. The number of ether oxygens (including phenoxy) is 8. The Kier molecular flexibility index (Phi) is 14.5. The SMILES string of the molecule is CCC(C)[C@H]1O[C@]2(CC[C@@H]1C)C[C@@H]1C[C@@H](C/C=C(\C)[C@@H](O[C@H]3C[C@H](OC)[C@@H](OC(=O)Cc4ccccc4)[C@H](C)O3)[C@@H](C)/C=C/C=C3\CO[C@@H]4[C@H](O)C(C)=C[C@@H](C(=O)O1)[C@]34O)O2. The topological polar surface area (TPSA) is 148 Å². The number of allylic oxidation sites excluding steroid dienone is 2. The summed E-state index contributed by atoms with van der Waals surface area (Å²) in [4.78, 5) is 27.4. The number of benzene rings is 1. The van der Waals surface area contributed by atoms with E-state index in [-0.39, 0.29) is 37.1 Å². The van der Waals surface area contributed by atoms with Crippen LogP contribution in [0, 0.1) is 23.7 Å². The Morgan fingerprint density at radius 3 is 2.56 bits per heavy atom. The van der Waals surface area contributed by atoms with Crippen molar-refractivity contribution in [2.45, 2.75) is 172 Å². The van der Waals surface area contributed by atoms with E-state index >= 15 is 0 Å². The number of carbonyl (C=O) groups is 2. The molecule has 61 heavy (non-hydrogen) atoms. The van der Waals surface area contributed by atoms with Crippen LogP contribution in [0.4, 0.5) is 0 Å². The number of hydrogen-bond donors (Lipinski definition) is 2. The highest BCUT2D eigenvalue weighted by Crippen LogP contribution is 2.48. The van der Waals surface area contributed by atoms with Crippen molar-refractivity contribution in [2.75, 3.05) is 13.7 Å². The summed E-state index contributed by atoms with van der Waals surface area (Å²) in [5, 5.41) is 23.7. The van der Waals surface area contributed by atoms with E-state index in [0.717, 1.165) is 24.0 Å². The fourth-order valence-electron chi connectivity index (χ4n) is 10.4. The van der Waals surface area contributed by atoms with E-state index in [2.05, 4.69) is 33.8 Å². The molecule has 1 spiro atoms. The molecule has 12 heteroatoms. The van der Waals surface area contributed by atoms with Gasteiger partial charge in [-0.2, -0.15) is 0 Å². The third-order valence-corrected chi connectivity index (χ3v) is 14.1. The first-order valence-corrected chi connectivity index (χ1v) is 22.5. The van der Waals surface area contributed by atoms with Gasteiger partial charge in [-0.15, -0.1) is 0 Å². The summed E-state index contributed by atoms with van der Waals surface area (Å²) in [6.45, 7) is 14.4. The summed E-state index contributed by atoms with van der Waals surface area (Å²) in [5.74, 6) is -2.47. The van der Waals surface area contributed by atoms with E-state index in [0.29, 0.717) is 55.1 Å². The second-order valence-corrected chi connectivity index (χ2v) is 18.6. The maximum atomic E-state index is 14.3. The van der Waals surface area contributed by atoms with Crippen molar-refractivity contribution < 1.29 is 57.7 Å². The number of hydrogen-bond acceptors (Lipinski definition) is 12. The van der Waals surface area contributed by atoms with Gasteiger partial charge >= 0.3 is 11.9 Å². The Hall–Kier alpha value is -3.20. The first-order valence-electron chi connectivity index (χ1n) is 22.5. The molecule has 6 aliphatic rings. The van der Waals surface area contributed by atoms with Crippen molar-refractivity contribution in [3.8, 4) is 0 Å². The third-order valence-electron chi connectivity index (χ3n) is 14.1. The van der Waals surface area contributed by atoms with Gasteiger partial charge in [-0.3, -0.25) is 9.59 Å². The van der Waals surface area contributed by atoms with Crippen LogP contribution in [0.2, 0.25) is 0 Å². The van der Waals surface area contributed by atoms with E-state index < -0.39 is 72.3 Å². The van der Waals surface area contributed by atoms with Crippen LogP contribution in [0.5, 0.6) is 0 Å². The minimum absolute atomic E-state index is 0.00888. The average molecular weight is 849 g/mol.